The molecular formula is C13H8BrClFN. The number of nitrogens with zero attached hydrogens (tertiary/aromatic N) is 1. The molecule has 0 spiro atoms. The first-order valence-corrected chi connectivity index (χ1v) is 6.07. The number of rotatable bonds is 2. The zero-order chi connectivity index (χ0) is 12.3. The van der Waals surface area contributed by atoms with Gasteiger partial charge in [0.1, 0.15) is 5.82 Å². The SMILES string of the molecule is Fc1cc(Br)c(Cl)c(/N=C/c2ccccc2)c1. The molecule has 0 atom stereocenters. The highest BCUT2D eigenvalue weighted by atomic mass is 79.9. The molecule has 2 rings (SSSR count). The molecule has 86 valence electrons. The molecule has 0 heterocycles. The fourth-order valence-corrected chi connectivity index (χ4v) is 1.90. The van der Waals surface area contributed by atoms with E-state index in [1.54, 1.807) is 6.21 Å². The highest BCUT2D eigenvalue weighted by molar-refractivity contribution is 9.10. The zero-order valence-corrected chi connectivity index (χ0v) is 11.0. The van der Waals surface area contributed by atoms with Crippen LogP contribution in [0.25, 0.3) is 0 Å². The first-order valence-electron chi connectivity index (χ1n) is 4.90. The summed E-state index contributed by atoms with van der Waals surface area (Å²) in [5.41, 5.74) is 1.34. The van der Waals surface area contributed by atoms with E-state index in [1.165, 1.54) is 12.1 Å². The van der Waals surface area contributed by atoms with E-state index < -0.39 is 0 Å². The number of hydrogen-bond donors (Lipinski definition) is 0. The summed E-state index contributed by atoms with van der Waals surface area (Å²) in [6.45, 7) is 0. The summed E-state index contributed by atoms with van der Waals surface area (Å²) in [7, 11) is 0. The van der Waals surface area contributed by atoms with Crippen molar-refractivity contribution < 1.29 is 4.39 Å². The van der Waals surface area contributed by atoms with Crippen molar-refractivity contribution in [3.05, 3.63) is 63.3 Å². The molecule has 2 aromatic rings. The van der Waals surface area contributed by atoms with E-state index >= 15 is 0 Å². The molecule has 0 unspecified atom stereocenters. The van der Waals surface area contributed by atoms with Crippen molar-refractivity contribution in [2.45, 2.75) is 0 Å². The lowest BCUT2D eigenvalue weighted by Crippen LogP contribution is -1.81. The van der Waals surface area contributed by atoms with Gasteiger partial charge in [-0.2, -0.15) is 0 Å². The predicted octanol–water partition coefficient (Wildman–Crippen LogP) is 4.99. The Hall–Kier alpha value is -1.19. The van der Waals surface area contributed by atoms with Gasteiger partial charge in [-0.15, -0.1) is 0 Å². The third kappa shape index (κ3) is 3.14. The Bertz CT molecular complexity index is 555. The van der Waals surface area contributed by atoms with Crippen LogP contribution in [0.15, 0.2) is 51.9 Å². The van der Waals surface area contributed by atoms with Crippen LogP contribution in [0.1, 0.15) is 5.56 Å². The van der Waals surface area contributed by atoms with Crippen molar-refractivity contribution in [1.29, 1.82) is 0 Å². The van der Waals surface area contributed by atoms with Gasteiger partial charge in [0, 0.05) is 16.8 Å². The third-order valence-corrected chi connectivity index (χ3v) is 3.38. The van der Waals surface area contributed by atoms with E-state index in [-0.39, 0.29) is 5.82 Å². The molecule has 4 heteroatoms. The van der Waals surface area contributed by atoms with Crippen LogP contribution in [-0.4, -0.2) is 6.21 Å². The fraction of sp³-hybridized carbons (Fsp3) is 0. The van der Waals surface area contributed by atoms with E-state index in [9.17, 15) is 4.39 Å². The Morgan fingerprint density at radius 2 is 1.88 bits per heavy atom. The quantitative estimate of drug-likeness (QED) is 0.547. The zero-order valence-electron chi connectivity index (χ0n) is 8.70. The van der Waals surface area contributed by atoms with Crippen LogP contribution in [0.4, 0.5) is 10.1 Å². The van der Waals surface area contributed by atoms with Crippen molar-refractivity contribution in [3.8, 4) is 0 Å². The Kier molecular flexibility index (Phi) is 3.92. The molecule has 0 saturated heterocycles. The number of benzene rings is 2. The minimum atomic E-state index is -0.374. The Morgan fingerprint density at radius 1 is 1.18 bits per heavy atom. The molecule has 0 aliphatic heterocycles. The van der Waals surface area contributed by atoms with Crippen molar-refractivity contribution in [3.63, 3.8) is 0 Å². The standard InChI is InChI=1S/C13H8BrClFN/c14-11-6-10(16)7-12(13(11)15)17-8-9-4-2-1-3-5-9/h1-8H/b17-8+. The predicted molar refractivity (Wildman–Crippen MR) is 72.8 cm³/mol. The van der Waals surface area contributed by atoms with Gasteiger partial charge in [-0.1, -0.05) is 41.9 Å². The molecule has 0 aliphatic rings. The van der Waals surface area contributed by atoms with E-state index in [2.05, 4.69) is 20.9 Å². The number of halogens is 3. The lowest BCUT2D eigenvalue weighted by atomic mass is 10.2. The molecule has 0 aromatic heterocycles. The van der Waals surface area contributed by atoms with Gasteiger partial charge >= 0.3 is 0 Å². The van der Waals surface area contributed by atoms with Crippen LogP contribution in [0, 0.1) is 5.82 Å². The second-order valence-corrected chi connectivity index (χ2v) is 4.62. The molecule has 0 aliphatic carbocycles. The van der Waals surface area contributed by atoms with Crippen LogP contribution in [0.3, 0.4) is 0 Å². The maximum absolute atomic E-state index is 13.2. The second-order valence-electron chi connectivity index (χ2n) is 3.39. The lowest BCUT2D eigenvalue weighted by Gasteiger charge is -2.01. The van der Waals surface area contributed by atoms with Crippen LogP contribution in [0.5, 0.6) is 0 Å². The van der Waals surface area contributed by atoms with Crippen LogP contribution in [0.2, 0.25) is 5.02 Å². The van der Waals surface area contributed by atoms with Gasteiger partial charge in [0.25, 0.3) is 0 Å². The average molecular weight is 313 g/mol. The molecule has 0 saturated carbocycles. The number of aliphatic imine (C=N–C) groups is 1. The minimum Gasteiger partial charge on any atom is -0.255 e. The summed E-state index contributed by atoms with van der Waals surface area (Å²) in [5.74, 6) is -0.374. The van der Waals surface area contributed by atoms with E-state index in [0.29, 0.717) is 15.2 Å². The summed E-state index contributed by atoms with van der Waals surface area (Å²) in [6.07, 6.45) is 1.65. The van der Waals surface area contributed by atoms with E-state index in [0.717, 1.165) is 5.56 Å². The summed E-state index contributed by atoms with van der Waals surface area (Å²) in [4.78, 5) is 4.17. The first-order chi connectivity index (χ1) is 8.16. The average Bonchev–Trinajstić information content (AvgIpc) is 2.33. The highest BCUT2D eigenvalue weighted by Crippen LogP contribution is 2.33. The second kappa shape index (κ2) is 5.43. The monoisotopic (exact) mass is 311 g/mol. The molecule has 1 nitrogen and oxygen atoms in total. The maximum atomic E-state index is 13.2. The van der Waals surface area contributed by atoms with Gasteiger partial charge in [-0.05, 0) is 27.6 Å². The Labute approximate surface area is 112 Å². The van der Waals surface area contributed by atoms with Crippen molar-refractivity contribution in [1.82, 2.24) is 0 Å². The van der Waals surface area contributed by atoms with Crippen LogP contribution < -0.4 is 0 Å². The highest BCUT2D eigenvalue weighted by Gasteiger charge is 2.05. The summed E-state index contributed by atoms with van der Waals surface area (Å²) in [5, 5.41) is 0.401. The molecule has 0 radical (unpaired) electrons. The normalized spacial score (nSPS) is 11.0. The van der Waals surface area contributed by atoms with Gasteiger partial charge in [-0.3, -0.25) is 4.99 Å². The molecular weight excluding hydrogens is 305 g/mol. The van der Waals surface area contributed by atoms with Gasteiger partial charge in [0.05, 0.1) is 10.7 Å². The molecule has 0 fully saturated rings. The van der Waals surface area contributed by atoms with Gasteiger partial charge in [-0.25, -0.2) is 4.39 Å². The van der Waals surface area contributed by atoms with Crippen LogP contribution in [-0.2, 0) is 0 Å². The third-order valence-electron chi connectivity index (χ3n) is 2.13. The van der Waals surface area contributed by atoms with E-state index in [4.69, 9.17) is 11.6 Å². The molecule has 0 amide bonds. The molecule has 2 aromatic carbocycles. The summed E-state index contributed by atoms with van der Waals surface area (Å²) in [6, 6.07) is 12.2. The number of hydrogen-bond acceptors (Lipinski definition) is 1. The van der Waals surface area contributed by atoms with Crippen LogP contribution >= 0.6 is 27.5 Å². The topological polar surface area (TPSA) is 12.4 Å². The maximum Gasteiger partial charge on any atom is 0.126 e. The molecule has 0 N–H and O–H groups in total. The lowest BCUT2D eigenvalue weighted by molar-refractivity contribution is 0.627. The first kappa shape index (κ1) is 12.3. The van der Waals surface area contributed by atoms with Gasteiger partial charge in [0.15, 0.2) is 0 Å². The van der Waals surface area contributed by atoms with Crippen molar-refractivity contribution >= 4 is 39.4 Å². The fourth-order valence-electron chi connectivity index (χ4n) is 1.32. The molecule has 0 bridgehead atoms. The summed E-state index contributed by atoms with van der Waals surface area (Å²) < 4.78 is 13.7. The Morgan fingerprint density at radius 3 is 2.59 bits per heavy atom. The smallest absolute Gasteiger partial charge is 0.126 e. The van der Waals surface area contributed by atoms with Crippen molar-refractivity contribution in [2.75, 3.05) is 0 Å². The minimum absolute atomic E-state index is 0.374. The van der Waals surface area contributed by atoms with E-state index in [1.807, 2.05) is 30.3 Å². The largest absolute Gasteiger partial charge is 0.255 e. The van der Waals surface area contributed by atoms with Crippen molar-refractivity contribution in [2.24, 2.45) is 4.99 Å². The van der Waals surface area contributed by atoms with Gasteiger partial charge < -0.3 is 0 Å². The Balaban J connectivity index is 2.33. The van der Waals surface area contributed by atoms with Gasteiger partial charge in [0.2, 0.25) is 0 Å². The molecule has 17 heavy (non-hydrogen) atoms. The summed E-state index contributed by atoms with van der Waals surface area (Å²) >= 11 is 9.18.